The molecule has 3 heteroatoms. The minimum Gasteiger partial charge on any atom is -0.435 e. The Morgan fingerprint density at radius 1 is 0.375 bits per heavy atom. The summed E-state index contributed by atoms with van der Waals surface area (Å²) in [6.45, 7) is 0. The van der Waals surface area contributed by atoms with Crippen LogP contribution in [0.4, 0.5) is 17.1 Å². The van der Waals surface area contributed by atoms with E-state index in [0.717, 1.165) is 55.6 Å². The molecule has 0 radical (unpaired) electrons. The molecular formula is C45H30N2O. The first-order valence-electron chi connectivity index (χ1n) is 16.2. The standard InChI is InChI=1S/C45H30N2O/c1-2-11-39(12-3-1)47(41-27-22-34(23-28-41)38-19-16-31-8-4-5-10-37(31)30-38)40-25-20-33(21-26-40)32-14-17-36(18-15-32)45-46-43-29-24-35-9-6-7-13-42(35)44(43)48-45/h1-30H. The van der Waals surface area contributed by atoms with Crippen molar-refractivity contribution in [1.82, 2.24) is 4.98 Å². The van der Waals surface area contributed by atoms with Crippen LogP contribution >= 0.6 is 0 Å². The molecular weight excluding hydrogens is 585 g/mol. The topological polar surface area (TPSA) is 29.3 Å². The van der Waals surface area contributed by atoms with E-state index in [0.29, 0.717) is 5.89 Å². The first-order valence-corrected chi connectivity index (χ1v) is 16.2. The van der Waals surface area contributed by atoms with Crippen LogP contribution in [0.15, 0.2) is 186 Å². The van der Waals surface area contributed by atoms with E-state index in [9.17, 15) is 0 Å². The zero-order valence-electron chi connectivity index (χ0n) is 26.1. The summed E-state index contributed by atoms with van der Waals surface area (Å²) < 4.78 is 6.27. The van der Waals surface area contributed by atoms with Crippen LogP contribution in [0, 0.1) is 0 Å². The third-order valence-corrected chi connectivity index (χ3v) is 9.09. The van der Waals surface area contributed by atoms with Crippen LogP contribution in [0.2, 0.25) is 0 Å². The highest BCUT2D eigenvalue weighted by atomic mass is 16.3. The van der Waals surface area contributed by atoms with E-state index in [2.05, 4.69) is 169 Å². The van der Waals surface area contributed by atoms with Gasteiger partial charge in [-0.3, -0.25) is 0 Å². The number of benzene rings is 8. The summed E-state index contributed by atoms with van der Waals surface area (Å²) in [5.41, 5.74) is 10.7. The van der Waals surface area contributed by atoms with Crippen molar-refractivity contribution >= 4 is 49.7 Å². The smallest absolute Gasteiger partial charge is 0.227 e. The molecule has 0 spiro atoms. The Balaban J connectivity index is 1.00. The lowest BCUT2D eigenvalue weighted by atomic mass is 10.0. The van der Waals surface area contributed by atoms with Crippen LogP contribution in [0.3, 0.4) is 0 Å². The van der Waals surface area contributed by atoms with Crippen LogP contribution in [0.25, 0.3) is 66.4 Å². The molecule has 48 heavy (non-hydrogen) atoms. The predicted octanol–water partition coefficient (Wildman–Crippen LogP) is 12.6. The zero-order chi connectivity index (χ0) is 31.9. The molecule has 0 aliphatic heterocycles. The van der Waals surface area contributed by atoms with Gasteiger partial charge in [-0.15, -0.1) is 0 Å². The molecule has 0 fully saturated rings. The number of oxazole rings is 1. The van der Waals surface area contributed by atoms with E-state index in [-0.39, 0.29) is 0 Å². The molecule has 1 aromatic heterocycles. The van der Waals surface area contributed by atoms with Gasteiger partial charge < -0.3 is 9.32 Å². The average molecular weight is 615 g/mol. The van der Waals surface area contributed by atoms with Gasteiger partial charge in [0.15, 0.2) is 5.58 Å². The van der Waals surface area contributed by atoms with Gasteiger partial charge in [0.2, 0.25) is 5.89 Å². The summed E-state index contributed by atoms with van der Waals surface area (Å²) in [5.74, 6) is 0.633. The fourth-order valence-corrected chi connectivity index (χ4v) is 6.58. The number of anilines is 3. The first-order chi connectivity index (χ1) is 23.8. The molecule has 8 aromatic carbocycles. The number of hydrogen-bond donors (Lipinski definition) is 0. The van der Waals surface area contributed by atoms with Gasteiger partial charge in [-0.25, -0.2) is 4.98 Å². The fraction of sp³-hybridized carbons (Fsp3) is 0. The molecule has 226 valence electrons. The van der Waals surface area contributed by atoms with E-state index < -0.39 is 0 Å². The van der Waals surface area contributed by atoms with Crippen LogP contribution in [-0.4, -0.2) is 4.98 Å². The van der Waals surface area contributed by atoms with Crippen molar-refractivity contribution < 1.29 is 4.42 Å². The van der Waals surface area contributed by atoms with Crippen molar-refractivity contribution in [2.24, 2.45) is 0 Å². The molecule has 0 saturated heterocycles. The molecule has 1 heterocycles. The molecule has 0 atom stereocenters. The second kappa shape index (κ2) is 11.7. The Bertz CT molecular complexity index is 2530. The Kier molecular flexibility index (Phi) is 6.80. The maximum absolute atomic E-state index is 6.27. The maximum atomic E-state index is 6.27. The zero-order valence-corrected chi connectivity index (χ0v) is 26.1. The average Bonchev–Trinajstić information content (AvgIpc) is 3.61. The van der Waals surface area contributed by atoms with E-state index in [1.807, 2.05) is 18.2 Å². The summed E-state index contributed by atoms with van der Waals surface area (Å²) in [4.78, 5) is 7.09. The summed E-state index contributed by atoms with van der Waals surface area (Å²) in [6.07, 6.45) is 0. The normalized spacial score (nSPS) is 11.3. The van der Waals surface area contributed by atoms with E-state index in [1.165, 1.54) is 21.9 Å². The van der Waals surface area contributed by atoms with Crippen LogP contribution in [0.5, 0.6) is 0 Å². The molecule has 9 aromatic rings. The largest absolute Gasteiger partial charge is 0.435 e. The van der Waals surface area contributed by atoms with E-state index >= 15 is 0 Å². The van der Waals surface area contributed by atoms with Crippen molar-refractivity contribution in [3.05, 3.63) is 182 Å². The number of fused-ring (bicyclic) bond motifs is 4. The highest BCUT2D eigenvalue weighted by Gasteiger charge is 2.14. The lowest BCUT2D eigenvalue weighted by Gasteiger charge is -2.26. The number of nitrogens with zero attached hydrogens (tertiary/aromatic N) is 2. The van der Waals surface area contributed by atoms with E-state index in [1.54, 1.807) is 0 Å². The summed E-state index contributed by atoms with van der Waals surface area (Å²) in [7, 11) is 0. The Morgan fingerprint density at radius 3 is 1.58 bits per heavy atom. The van der Waals surface area contributed by atoms with Gasteiger partial charge in [0.05, 0.1) is 0 Å². The Hall–Kier alpha value is -6.45. The Morgan fingerprint density at radius 2 is 0.875 bits per heavy atom. The molecule has 0 aliphatic rings. The highest BCUT2D eigenvalue weighted by molar-refractivity contribution is 6.03. The number of para-hydroxylation sites is 1. The van der Waals surface area contributed by atoms with Gasteiger partial charge in [0.25, 0.3) is 0 Å². The van der Waals surface area contributed by atoms with E-state index in [4.69, 9.17) is 9.40 Å². The molecule has 0 unspecified atom stereocenters. The van der Waals surface area contributed by atoms with Crippen molar-refractivity contribution in [2.45, 2.75) is 0 Å². The van der Waals surface area contributed by atoms with Crippen LogP contribution in [-0.2, 0) is 0 Å². The van der Waals surface area contributed by atoms with Gasteiger partial charge in [0.1, 0.15) is 5.52 Å². The van der Waals surface area contributed by atoms with Gasteiger partial charge in [-0.1, -0.05) is 121 Å². The van der Waals surface area contributed by atoms with Gasteiger partial charge in [-0.2, -0.15) is 0 Å². The molecule has 3 nitrogen and oxygen atoms in total. The number of hydrogen-bond acceptors (Lipinski definition) is 3. The molecule has 0 saturated carbocycles. The van der Waals surface area contributed by atoms with Crippen molar-refractivity contribution in [3.8, 4) is 33.7 Å². The lowest BCUT2D eigenvalue weighted by Crippen LogP contribution is -2.09. The molecule has 0 N–H and O–H groups in total. The highest BCUT2D eigenvalue weighted by Crippen LogP contribution is 2.37. The van der Waals surface area contributed by atoms with Gasteiger partial charge >= 0.3 is 0 Å². The van der Waals surface area contributed by atoms with Crippen LogP contribution < -0.4 is 4.90 Å². The lowest BCUT2D eigenvalue weighted by molar-refractivity contribution is 0.623. The summed E-state index contributed by atoms with van der Waals surface area (Å²) in [6, 6.07) is 64.1. The van der Waals surface area contributed by atoms with Crippen molar-refractivity contribution in [1.29, 1.82) is 0 Å². The second-order valence-corrected chi connectivity index (χ2v) is 12.1. The minimum absolute atomic E-state index is 0.633. The SMILES string of the molecule is c1ccc(N(c2ccc(-c3ccc(-c4nc5ccc6ccccc6c5o4)cc3)cc2)c2ccc(-c3ccc4ccccc4c3)cc2)cc1. The molecule has 0 bridgehead atoms. The second-order valence-electron chi connectivity index (χ2n) is 12.1. The summed E-state index contributed by atoms with van der Waals surface area (Å²) >= 11 is 0. The quantitative estimate of drug-likeness (QED) is 0.187. The van der Waals surface area contributed by atoms with Crippen LogP contribution in [0.1, 0.15) is 0 Å². The minimum atomic E-state index is 0.633. The van der Waals surface area contributed by atoms with Gasteiger partial charge in [-0.05, 0) is 99.1 Å². The Labute approximate surface area is 279 Å². The van der Waals surface area contributed by atoms with Gasteiger partial charge in [0, 0.05) is 28.0 Å². The fourth-order valence-electron chi connectivity index (χ4n) is 6.58. The molecule has 0 aliphatic carbocycles. The first kappa shape index (κ1) is 27.8. The monoisotopic (exact) mass is 614 g/mol. The number of aromatic nitrogens is 1. The third kappa shape index (κ3) is 5.08. The van der Waals surface area contributed by atoms with Crippen molar-refractivity contribution in [2.75, 3.05) is 4.90 Å². The number of rotatable bonds is 6. The molecule has 0 amide bonds. The summed E-state index contributed by atoms with van der Waals surface area (Å²) in [5, 5.41) is 4.73. The predicted molar refractivity (Wildman–Crippen MR) is 200 cm³/mol. The molecule has 9 rings (SSSR count). The third-order valence-electron chi connectivity index (χ3n) is 9.09. The van der Waals surface area contributed by atoms with Crippen molar-refractivity contribution in [3.63, 3.8) is 0 Å². The maximum Gasteiger partial charge on any atom is 0.227 e.